The zero-order valence-corrected chi connectivity index (χ0v) is 14.8. The molecule has 0 spiro atoms. The second-order valence-electron chi connectivity index (χ2n) is 6.56. The van der Waals surface area contributed by atoms with Crippen molar-refractivity contribution in [2.75, 3.05) is 23.3 Å². The maximum atomic E-state index is 14.1. The monoisotopic (exact) mass is 381 g/mol. The first kappa shape index (κ1) is 17.9. The average molecular weight is 381 g/mol. The van der Waals surface area contributed by atoms with E-state index in [2.05, 4.69) is 10.3 Å². The molecule has 4 rings (SSSR count). The minimum atomic E-state index is -0.984. The van der Waals surface area contributed by atoms with Gasteiger partial charge >= 0.3 is 5.97 Å². The molecule has 0 aliphatic carbocycles. The Hall–Kier alpha value is -3.48. The second-order valence-corrected chi connectivity index (χ2v) is 6.56. The summed E-state index contributed by atoms with van der Waals surface area (Å²) in [7, 11) is 0. The van der Waals surface area contributed by atoms with Crippen LogP contribution in [0.1, 0.15) is 15.9 Å². The van der Waals surface area contributed by atoms with Crippen LogP contribution in [0.3, 0.4) is 0 Å². The van der Waals surface area contributed by atoms with Crippen LogP contribution in [-0.2, 0) is 6.54 Å². The number of anilines is 2. The first-order chi connectivity index (χ1) is 13.5. The van der Waals surface area contributed by atoms with Crippen LogP contribution in [-0.4, -0.2) is 29.1 Å². The lowest BCUT2D eigenvalue weighted by molar-refractivity contribution is 0.0697. The number of carboxylic acids is 1. The SMILES string of the molecule is O=C(O)c1ccc(-c2cnc3c(c2)N(Cc2cc(F)ccc2F)CCN3)cc1. The molecule has 3 aromatic rings. The Balaban J connectivity index is 1.67. The van der Waals surface area contributed by atoms with Crippen LogP contribution in [0.15, 0.2) is 54.7 Å². The van der Waals surface area contributed by atoms with Gasteiger partial charge in [0.25, 0.3) is 0 Å². The molecule has 0 saturated carbocycles. The van der Waals surface area contributed by atoms with E-state index in [1.807, 2.05) is 11.0 Å². The third-order valence-corrected chi connectivity index (χ3v) is 4.72. The van der Waals surface area contributed by atoms with Crippen LogP contribution >= 0.6 is 0 Å². The van der Waals surface area contributed by atoms with Crippen molar-refractivity contribution in [1.29, 1.82) is 0 Å². The second kappa shape index (κ2) is 7.26. The van der Waals surface area contributed by atoms with Crippen molar-refractivity contribution in [3.8, 4) is 11.1 Å². The summed E-state index contributed by atoms with van der Waals surface area (Å²) in [6.45, 7) is 1.48. The van der Waals surface area contributed by atoms with Crippen molar-refractivity contribution in [2.24, 2.45) is 0 Å². The minimum Gasteiger partial charge on any atom is -0.478 e. The highest BCUT2D eigenvalue weighted by atomic mass is 19.1. The molecule has 1 aromatic heterocycles. The summed E-state index contributed by atoms with van der Waals surface area (Å²) in [4.78, 5) is 17.4. The smallest absolute Gasteiger partial charge is 0.335 e. The molecule has 2 heterocycles. The minimum absolute atomic E-state index is 0.208. The molecule has 5 nitrogen and oxygen atoms in total. The summed E-state index contributed by atoms with van der Waals surface area (Å²) in [6.07, 6.45) is 1.70. The van der Waals surface area contributed by atoms with Crippen molar-refractivity contribution < 1.29 is 18.7 Å². The fraction of sp³-hybridized carbons (Fsp3) is 0.143. The van der Waals surface area contributed by atoms with E-state index in [1.165, 1.54) is 18.2 Å². The number of aromatic carboxylic acids is 1. The Kier molecular flexibility index (Phi) is 4.65. The summed E-state index contributed by atoms with van der Waals surface area (Å²) in [5.74, 6) is -1.23. The van der Waals surface area contributed by atoms with E-state index in [0.29, 0.717) is 18.9 Å². The zero-order valence-electron chi connectivity index (χ0n) is 14.8. The van der Waals surface area contributed by atoms with E-state index in [9.17, 15) is 13.6 Å². The molecular weight excluding hydrogens is 364 g/mol. The van der Waals surface area contributed by atoms with Gasteiger partial charge in [0.15, 0.2) is 0 Å². The van der Waals surface area contributed by atoms with Gasteiger partial charge in [-0.3, -0.25) is 0 Å². The summed E-state index contributed by atoms with van der Waals surface area (Å²) >= 11 is 0. The Bertz CT molecular complexity index is 1040. The van der Waals surface area contributed by atoms with Crippen LogP contribution < -0.4 is 10.2 Å². The molecule has 28 heavy (non-hydrogen) atoms. The molecule has 2 aromatic carbocycles. The van der Waals surface area contributed by atoms with E-state index in [4.69, 9.17) is 5.11 Å². The number of pyridine rings is 1. The normalized spacial score (nSPS) is 13.0. The molecule has 7 heteroatoms. The quantitative estimate of drug-likeness (QED) is 0.711. The molecular formula is C21H17F2N3O2. The van der Waals surface area contributed by atoms with Crippen LogP contribution in [0.25, 0.3) is 11.1 Å². The molecule has 0 amide bonds. The number of fused-ring (bicyclic) bond motifs is 1. The van der Waals surface area contributed by atoms with E-state index >= 15 is 0 Å². The molecule has 0 fully saturated rings. The van der Waals surface area contributed by atoms with Crippen molar-refractivity contribution in [3.63, 3.8) is 0 Å². The van der Waals surface area contributed by atoms with Gasteiger partial charge in [-0.2, -0.15) is 0 Å². The van der Waals surface area contributed by atoms with Gasteiger partial charge in [-0.05, 0) is 42.0 Å². The average Bonchev–Trinajstić information content (AvgIpc) is 2.71. The highest BCUT2D eigenvalue weighted by Crippen LogP contribution is 2.33. The molecule has 0 saturated heterocycles. The summed E-state index contributed by atoms with van der Waals surface area (Å²) < 4.78 is 27.6. The molecule has 1 aliphatic rings. The van der Waals surface area contributed by atoms with Crippen LogP contribution in [0.4, 0.5) is 20.3 Å². The van der Waals surface area contributed by atoms with Gasteiger partial charge in [0.1, 0.15) is 17.5 Å². The van der Waals surface area contributed by atoms with E-state index in [-0.39, 0.29) is 17.7 Å². The number of halogens is 2. The number of nitrogens with zero attached hydrogens (tertiary/aromatic N) is 2. The predicted molar refractivity (Wildman–Crippen MR) is 103 cm³/mol. The molecule has 0 bridgehead atoms. The lowest BCUT2D eigenvalue weighted by Crippen LogP contribution is -2.34. The van der Waals surface area contributed by atoms with Gasteiger partial charge in [-0.15, -0.1) is 0 Å². The fourth-order valence-electron chi connectivity index (χ4n) is 3.26. The van der Waals surface area contributed by atoms with Crippen LogP contribution in [0, 0.1) is 11.6 Å². The van der Waals surface area contributed by atoms with Gasteiger partial charge in [0, 0.05) is 37.0 Å². The molecule has 0 atom stereocenters. The predicted octanol–water partition coefficient (Wildman–Crippen LogP) is 4.16. The third kappa shape index (κ3) is 3.51. The molecule has 142 valence electrons. The van der Waals surface area contributed by atoms with Gasteiger partial charge in [-0.1, -0.05) is 12.1 Å². The maximum Gasteiger partial charge on any atom is 0.335 e. The van der Waals surface area contributed by atoms with Gasteiger partial charge < -0.3 is 15.3 Å². The number of hydrogen-bond donors (Lipinski definition) is 2. The summed E-state index contributed by atoms with van der Waals surface area (Å²) in [5, 5.41) is 12.2. The first-order valence-corrected chi connectivity index (χ1v) is 8.78. The highest BCUT2D eigenvalue weighted by molar-refractivity contribution is 5.88. The van der Waals surface area contributed by atoms with E-state index < -0.39 is 17.6 Å². The zero-order chi connectivity index (χ0) is 19.7. The first-order valence-electron chi connectivity index (χ1n) is 8.78. The van der Waals surface area contributed by atoms with E-state index in [1.54, 1.807) is 18.3 Å². The van der Waals surface area contributed by atoms with Crippen molar-refractivity contribution in [3.05, 3.63) is 77.5 Å². The molecule has 0 radical (unpaired) electrons. The molecule has 2 N–H and O–H groups in total. The van der Waals surface area contributed by atoms with Gasteiger partial charge in [-0.25, -0.2) is 18.6 Å². The highest BCUT2D eigenvalue weighted by Gasteiger charge is 2.20. The third-order valence-electron chi connectivity index (χ3n) is 4.72. The number of hydrogen-bond acceptors (Lipinski definition) is 4. The maximum absolute atomic E-state index is 14.1. The lowest BCUT2D eigenvalue weighted by atomic mass is 10.0. The summed E-state index contributed by atoms with van der Waals surface area (Å²) in [6, 6.07) is 11.9. The van der Waals surface area contributed by atoms with Crippen LogP contribution in [0.2, 0.25) is 0 Å². The van der Waals surface area contributed by atoms with Crippen LogP contribution in [0.5, 0.6) is 0 Å². The number of rotatable bonds is 4. The Morgan fingerprint density at radius 2 is 1.89 bits per heavy atom. The Labute approximate surface area is 160 Å². The molecule has 0 unspecified atom stereocenters. The van der Waals surface area contributed by atoms with Gasteiger partial charge in [0.2, 0.25) is 0 Å². The number of carbonyl (C=O) groups is 1. The number of aromatic nitrogens is 1. The molecule has 1 aliphatic heterocycles. The van der Waals surface area contributed by atoms with Crippen molar-refractivity contribution in [2.45, 2.75) is 6.54 Å². The largest absolute Gasteiger partial charge is 0.478 e. The summed E-state index contributed by atoms with van der Waals surface area (Å²) in [5.41, 5.74) is 2.91. The topological polar surface area (TPSA) is 65.5 Å². The van der Waals surface area contributed by atoms with Gasteiger partial charge in [0.05, 0.1) is 11.3 Å². The lowest BCUT2D eigenvalue weighted by Gasteiger charge is -2.32. The van der Waals surface area contributed by atoms with Crippen molar-refractivity contribution >= 4 is 17.5 Å². The van der Waals surface area contributed by atoms with Crippen molar-refractivity contribution in [1.82, 2.24) is 4.98 Å². The number of carboxylic acid groups (broad SMARTS) is 1. The number of nitrogens with one attached hydrogen (secondary N) is 1. The standard InChI is InChI=1S/C21H17F2N3O2/c22-17-5-6-18(23)16(9-17)12-26-8-7-24-20-19(26)10-15(11-25-20)13-1-3-14(4-2-13)21(27)28/h1-6,9-11H,7-8,12H2,(H,24,25)(H,27,28). The Morgan fingerprint density at radius 3 is 2.64 bits per heavy atom. The Morgan fingerprint density at radius 1 is 1.11 bits per heavy atom. The fourth-order valence-corrected chi connectivity index (χ4v) is 3.26. The van der Waals surface area contributed by atoms with E-state index in [0.717, 1.165) is 28.9 Å². The number of benzene rings is 2.